The van der Waals surface area contributed by atoms with Gasteiger partial charge in [0.15, 0.2) is 5.70 Å². The van der Waals surface area contributed by atoms with Gasteiger partial charge in [0, 0.05) is 18.7 Å². The number of hydrogen-bond acceptors (Lipinski definition) is 2. The predicted molar refractivity (Wildman–Crippen MR) is 86.0 cm³/mol. The van der Waals surface area contributed by atoms with Crippen LogP contribution in [0.3, 0.4) is 0 Å². The van der Waals surface area contributed by atoms with Crippen LogP contribution in [0, 0.1) is 0 Å². The minimum atomic E-state index is -0.114. The lowest BCUT2D eigenvalue weighted by atomic mass is 10.2. The fourth-order valence-electron chi connectivity index (χ4n) is 2.56. The van der Waals surface area contributed by atoms with Gasteiger partial charge in [0.2, 0.25) is 11.5 Å². The fourth-order valence-corrected chi connectivity index (χ4v) is 2.56. The van der Waals surface area contributed by atoms with E-state index in [0.29, 0.717) is 11.6 Å². The number of carbonyl (C=O) groups excluding carboxylic acids is 1. The second-order valence-corrected chi connectivity index (χ2v) is 5.07. The molecular formula is C18H17N2O2+. The Bertz CT molecular complexity index is 850. The first kappa shape index (κ1) is 14.1. The van der Waals surface area contributed by atoms with Gasteiger partial charge in [0.05, 0.1) is 0 Å². The first-order valence-corrected chi connectivity index (χ1v) is 7.02. The Morgan fingerprint density at radius 2 is 1.73 bits per heavy atom. The second kappa shape index (κ2) is 5.48. The SMILES string of the molecule is C=C(c1oc2ccccc2[n+]1C)N(C(C)=O)c1ccccc1. The van der Waals surface area contributed by atoms with E-state index in [1.54, 1.807) is 4.90 Å². The molecule has 0 N–H and O–H groups in total. The Hall–Kier alpha value is -2.88. The number of oxazole rings is 1. The first-order chi connectivity index (χ1) is 10.6. The van der Waals surface area contributed by atoms with Crippen LogP contribution in [-0.4, -0.2) is 5.91 Å². The summed E-state index contributed by atoms with van der Waals surface area (Å²) in [5.74, 6) is 0.442. The summed E-state index contributed by atoms with van der Waals surface area (Å²) in [5.41, 5.74) is 2.99. The predicted octanol–water partition coefficient (Wildman–Crippen LogP) is 3.28. The molecule has 3 rings (SSSR count). The van der Waals surface area contributed by atoms with Gasteiger partial charge in [-0.2, -0.15) is 4.57 Å². The van der Waals surface area contributed by atoms with Gasteiger partial charge in [-0.25, -0.2) is 0 Å². The van der Waals surface area contributed by atoms with Crippen LogP contribution in [-0.2, 0) is 11.8 Å². The van der Waals surface area contributed by atoms with E-state index in [0.717, 1.165) is 16.8 Å². The molecule has 0 spiro atoms. The summed E-state index contributed by atoms with van der Waals surface area (Å²) >= 11 is 0. The van der Waals surface area contributed by atoms with Gasteiger partial charge in [-0.05, 0) is 18.2 Å². The fraction of sp³-hybridized carbons (Fsp3) is 0.111. The van der Waals surface area contributed by atoms with Gasteiger partial charge in [-0.3, -0.25) is 9.69 Å². The Balaban J connectivity index is 2.10. The van der Waals surface area contributed by atoms with Crippen LogP contribution in [0.15, 0.2) is 65.6 Å². The standard InChI is InChI=1S/C18H17N2O2/c1-13(20(14(2)21)15-9-5-4-6-10-15)18-19(3)16-11-7-8-12-17(16)22-18/h4-12H,1H2,2-3H3/q+1. The summed E-state index contributed by atoms with van der Waals surface area (Å²) in [5, 5.41) is 0. The van der Waals surface area contributed by atoms with E-state index < -0.39 is 0 Å². The number of aryl methyl sites for hydroxylation is 1. The topological polar surface area (TPSA) is 37.3 Å². The molecule has 0 unspecified atom stereocenters. The summed E-state index contributed by atoms with van der Waals surface area (Å²) in [6, 6.07) is 17.1. The van der Waals surface area contributed by atoms with Crippen LogP contribution in [0.1, 0.15) is 12.8 Å². The minimum absolute atomic E-state index is 0.114. The Labute approximate surface area is 128 Å². The molecule has 1 amide bonds. The summed E-state index contributed by atoms with van der Waals surface area (Å²) in [6.45, 7) is 5.58. The molecule has 0 saturated carbocycles. The van der Waals surface area contributed by atoms with Crippen molar-refractivity contribution in [2.24, 2.45) is 7.05 Å². The quantitative estimate of drug-likeness (QED) is 0.695. The summed E-state index contributed by atoms with van der Waals surface area (Å²) in [6.07, 6.45) is 0. The molecule has 3 aromatic rings. The number of rotatable bonds is 3. The molecule has 0 atom stereocenters. The number of carbonyl (C=O) groups is 1. The molecule has 0 bridgehead atoms. The van der Waals surface area contributed by atoms with Gasteiger partial charge in [-0.15, -0.1) is 0 Å². The first-order valence-electron chi connectivity index (χ1n) is 7.02. The summed E-state index contributed by atoms with van der Waals surface area (Å²) < 4.78 is 7.78. The van der Waals surface area contributed by atoms with Crippen molar-refractivity contribution in [2.75, 3.05) is 4.90 Å². The Morgan fingerprint density at radius 1 is 1.09 bits per heavy atom. The maximum absolute atomic E-state index is 12.1. The average molecular weight is 293 g/mol. The van der Waals surface area contributed by atoms with Crippen molar-refractivity contribution < 1.29 is 13.8 Å². The molecule has 4 nitrogen and oxygen atoms in total. The number of amides is 1. The number of aromatic nitrogens is 1. The number of anilines is 1. The third kappa shape index (κ3) is 2.29. The van der Waals surface area contributed by atoms with Gasteiger partial charge < -0.3 is 4.42 Å². The molecular weight excluding hydrogens is 276 g/mol. The van der Waals surface area contributed by atoms with E-state index >= 15 is 0 Å². The van der Waals surface area contributed by atoms with Gasteiger partial charge in [0.1, 0.15) is 7.05 Å². The van der Waals surface area contributed by atoms with Crippen LogP contribution in [0.25, 0.3) is 16.8 Å². The van der Waals surface area contributed by atoms with Crippen LogP contribution in [0.4, 0.5) is 5.69 Å². The number of hydrogen-bond donors (Lipinski definition) is 0. The van der Waals surface area contributed by atoms with Crippen LogP contribution >= 0.6 is 0 Å². The van der Waals surface area contributed by atoms with Crippen molar-refractivity contribution in [1.82, 2.24) is 0 Å². The molecule has 0 aliphatic rings. The van der Waals surface area contributed by atoms with Crippen molar-refractivity contribution in [3.63, 3.8) is 0 Å². The van der Waals surface area contributed by atoms with Gasteiger partial charge >= 0.3 is 5.89 Å². The van der Waals surface area contributed by atoms with E-state index in [2.05, 4.69) is 6.58 Å². The van der Waals surface area contributed by atoms with Crippen molar-refractivity contribution in [2.45, 2.75) is 6.92 Å². The minimum Gasteiger partial charge on any atom is -0.396 e. The van der Waals surface area contributed by atoms with E-state index in [1.807, 2.05) is 66.2 Å². The number of nitrogens with zero attached hydrogens (tertiary/aromatic N) is 2. The summed E-state index contributed by atoms with van der Waals surface area (Å²) in [7, 11) is 1.90. The van der Waals surface area contributed by atoms with Crippen molar-refractivity contribution in [3.8, 4) is 0 Å². The second-order valence-electron chi connectivity index (χ2n) is 5.07. The highest BCUT2D eigenvalue weighted by molar-refractivity contribution is 6.03. The van der Waals surface area contributed by atoms with Crippen LogP contribution in [0.5, 0.6) is 0 Å². The lowest BCUT2D eigenvalue weighted by Crippen LogP contribution is -2.36. The lowest BCUT2D eigenvalue weighted by molar-refractivity contribution is -0.652. The maximum atomic E-state index is 12.1. The monoisotopic (exact) mass is 293 g/mol. The van der Waals surface area contributed by atoms with Crippen LogP contribution in [0.2, 0.25) is 0 Å². The highest BCUT2D eigenvalue weighted by Gasteiger charge is 2.28. The zero-order chi connectivity index (χ0) is 15.7. The van der Waals surface area contributed by atoms with Crippen molar-refractivity contribution >= 4 is 28.4 Å². The lowest BCUT2D eigenvalue weighted by Gasteiger charge is -2.19. The Morgan fingerprint density at radius 3 is 2.36 bits per heavy atom. The molecule has 0 aliphatic carbocycles. The van der Waals surface area contributed by atoms with E-state index in [4.69, 9.17) is 4.42 Å². The van der Waals surface area contributed by atoms with E-state index in [9.17, 15) is 4.79 Å². The molecule has 110 valence electrons. The van der Waals surface area contributed by atoms with Gasteiger partial charge in [-0.1, -0.05) is 36.9 Å². The van der Waals surface area contributed by atoms with E-state index in [-0.39, 0.29) is 5.91 Å². The highest BCUT2D eigenvalue weighted by Crippen LogP contribution is 2.25. The smallest absolute Gasteiger partial charge is 0.396 e. The zero-order valence-electron chi connectivity index (χ0n) is 12.6. The Kier molecular flexibility index (Phi) is 3.51. The molecule has 2 aromatic carbocycles. The number of benzene rings is 2. The molecule has 0 radical (unpaired) electrons. The molecule has 0 fully saturated rings. The molecule has 0 aliphatic heterocycles. The number of fused-ring (bicyclic) bond motifs is 1. The summed E-state index contributed by atoms with van der Waals surface area (Å²) in [4.78, 5) is 13.7. The van der Waals surface area contributed by atoms with Crippen LogP contribution < -0.4 is 9.47 Å². The number of para-hydroxylation sites is 3. The van der Waals surface area contributed by atoms with Gasteiger partial charge in [0.25, 0.3) is 5.52 Å². The third-order valence-electron chi connectivity index (χ3n) is 3.58. The zero-order valence-corrected chi connectivity index (χ0v) is 12.6. The average Bonchev–Trinajstić information content (AvgIpc) is 2.86. The third-order valence-corrected chi connectivity index (χ3v) is 3.58. The molecule has 4 heteroatoms. The molecule has 0 saturated heterocycles. The molecule has 1 heterocycles. The van der Waals surface area contributed by atoms with Crippen molar-refractivity contribution in [1.29, 1.82) is 0 Å². The highest BCUT2D eigenvalue weighted by atomic mass is 16.4. The van der Waals surface area contributed by atoms with E-state index in [1.165, 1.54) is 6.92 Å². The normalized spacial score (nSPS) is 10.6. The molecule has 22 heavy (non-hydrogen) atoms. The molecule has 1 aromatic heterocycles. The largest absolute Gasteiger partial charge is 0.398 e. The maximum Gasteiger partial charge on any atom is 0.398 e. The van der Waals surface area contributed by atoms with Crippen molar-refractivity contribution in [3.05, 3.63) is 67.1 Å².